The number of rotatable bonds is 6. The van der Waals surface area contributed by atoms with Crippen molar-refractivity contribution in [1.82, 2.24) is 0 Å². The summed E-state index contributed by atoms with van der Waals surface area (Å²) in [5.41, 5.74) is -1.54. The third kappa shape index (κ3) is 4.61. The Hall–Kier alpha value is -1.34. The summed E-state index contributed by atoms with van der Waals surface area (Å²) in [6, 6.07) is 0. The molecule has 3 N–H and O–H groups in total. The number of ether oxygens (including phenoxy) is 2. The first-order valence-electron chi connectivity index (χ1n) is 4.21. The van der Waals surface area contributed by atoms with Crippen LogP contribution in [-0.2, 0) is 14.3 Å². The summed E-state index contributed by atoms with van der Waals surface area (Å²) in [6.45, 7) is -0.486. The maximum absolute atomic E-state index is 10.8. The van der Waals surface area contributed by atoms with Crippen molar-refractivity contribution in [3.05, 3.63) is 0 Å². The molecule has 0 radical (unpaired) electrons. The lowest BCUT2D eigenvalue weighted by Crippen LogP contribution is -2.37. The quantitative estimate of drug-likeness (QED) is 0.505. The van der Waals surface area contributed by atoms with Gasteiger partial charge in [-0.1, -0.05) is 0 Å². The van der Waals surface area contributed by atoms with Gasteiger partial charge in [0.1, 0.15) is 18.6 Å². The highest BCUT2D eigenvalue weighted by molar-refractivity contribution is 5.74. The summed E-state index contributed by atoms with van der Waals surface area (Å²) in [5.74, 6) is -1.28. The number of hydrogen-bond donors (Lipinski definition) is 3. The van der Waals surface area contributed by atoms with Crippen molar-refractivity contribution >= 4 is 12.1 Å². The van der Waals surface area contributed by atoms with E-state index in [1.165, 1.54) is 6.92 Å². The zero-order valence-electron chi connectivity index (χ0n) is 8.30. The maximum atomic E-state index is 10.8. The molecule has 0 saturated heterocycles. The number of aliphatic hydroxyl groups is 2. The minimum atomic E-state index is -1.54. The van der Waals surface area contributed by atoms with Crippen LogP contribution in [0.15, 0.2) is 0 Å². The third-order valence-electron chi connectivity index (χ3n) is 1.69. The van der Waals surface area contributed by atoms with Crippen LogP contribution < -0.4 is 0 Å². The number of carboxylic acid groups (broad SMARTS) is 1. The summed E-state index contributed by atoms with van der Waals surface area (Å²) < 4.78 is 8.77. The zero-order valence-corrected chi connectivity index (χ0v) is 8.30. The maximum Gasteiger partial charge on any atom is 0.508 e. The zero-order chi connectivity index (χ0) is 11.9. The van der Waals surface area contributed by atoms with Crippen molar-refractivity contribution in [2.24, 2.45) is 5.41 Å². The van der Waals surface area contributed by atoms with E-state index in [0.717, 1.165) is 0 Å². The van der Waals surface area contributed by atoms with Crippen LogP contribution in [0.25, 0.3) is 0 Å². The molecule has 0 heterocycles. The molecular formula is C8H14O7. The van der Waals surface area contributed by atoms with E-state index >= 15 is 0 Å². The molecule has 0 aliphatic carbocycles. The van der Waals surface area contributed by atoms with E-state index < -0.39 is 30.8 Å². The van der Waals surface area contributed by atoms with Crippen LogP contribution in [0.1, 0.15) is 6.92 Å². The van der Waals surface area contributed by atoms with Crippen LogP contribution in [0, 0.1) is 5.41 Å². The van der Waals surface area contributed by atoms with Gasteiger partial charge in [-0.2, -0.15) is 0 Å². The summed E-state index contributed by atoms with van der Waals surface area (Å²) in [6.07, 6.45) is -1.08. The van der Waals surface area contributed by atoms with E-state index in [4.69, 9.17) is 15.3 Å². The van der Waals surface area contributed by atoms with Crippen molar-refractivity contribution < 1.29 is 34.4 Å². The normalized spacial score (nSPS) is 14.1. The lowest BCUT2D eigenvalue weighted by atomic mass is 9.93. The summed E-state index contributed by atoms with van der Waals surface area (Å²) in [5, 5.41) is 25.8. The van der Waals surface area contributed by atoms with E-state index in [2.05, 4.69) is 9.47 Å². The standard InChI is InChI=1S/C8H14O7/c1-8(4-10,6(11)12)5-15-7(13)14-3-2-9/h9-10H,2-5H2,1H3,(H,11,12). The molecule has 0 amide bonds. The number of aliphatic carboxylic acids is 1. The first-order valence-corrected chi connectivity index (χ1v) is 4.21. The predicted octanol–water partition coefficient (Wildman–Crippen LogP) is -0.785. The van der Waals surface area contributed by atoms with E-state index in [9.17, 15) is 9.59 Å². The molecule has 15 heavy (non-hydrogen) atoms. The Morgan fingerprint density at radius 2 is 1.87 bits per heavy atom. The fraction of sp³-hybridized carbons (Fsp3) is 0.750. The molecule has 1 unspecified atom stereocenters. The van der Waals surface area contributed by atoms with Crippen molar-refractivity contribution in [2.45, 2.75) is 6.92 Å². The molecule has 0 aliphatic rings. The van der Waals surface area contributed by atoms with Crippen molar-refractivity contribution in [2.75, 3.05) is 26.4 Å². The molecule has 0 rings (SSSR count). The van der Waals surface area contributed by atoms with Gasteiger partial charge in [0, 0.05) is 0 Å². The van der Waals surface area contributed by atoms with Gasteiger partial charge in [0.2, 0.25) is 0 Å². The SMILES string of the molecule is CC(CO)(COC(=O)OCCO)C(=O)O. The molecule has 7 heteroatoms. The molecule has 0 fully saturated rings. The van der Waals surface area contributed by atoms with E-state index in [0.29, 0.717) is 0 Å². The topological polar surface area (TPSA) is 113 Å². The van der Waals surface area contributed by atoms with Crippen LogP contribution >= 0.6 is 0 Å². The lowest BCUT2D eigenvalue weighted by molar-refractivity contribution is -0.153. The fourth-order valence-corrected chi connectivity index (χ4v) is 0.564. The van der Waals surface area contributed by atoms with Crippen LogP contribution in [0.3, 0.4) is 0 Å². The van der Waals surface area contributed by atoms with Gasteiger partial charge in [0.05, 0.1) is 13.2 Å². The smallest absolute Gasteiger partial charge is 0.481 e. The first-order chi connectivity index (χ1) is 6.96. The van der Waals surface area contributed by atoms with Crippen LogP contribution in [0.4, 0.5) is 4.79 Å². The Balaban J connectivity index is 4.01. The van der Waals surface area contributed by atoms with Gasteiger partial charge in [-0.05, 0) is 6.92 Å². The molecule has 0 saturated carbocycles. The second kappa shape index (κ2) is 6.20. The monoisotopic (exact) mass is 222 g/mol. The van der Waals surface area contributed by atoms with Crippen LogP contribution in [0.5, 0.6) is 0 Å². The van der Waals surface area contributed by atoms with Gasteiger partial charge in [-0.25, -0.2) is 4.79 Å². The number of hydrogen-bond acceptors (Lipinski definition) is 6. The van der Waals surface area contributed by atoms with Crippen molar-refractivity contribution in [1.29, 1.82) is 0 Å². The van der Waals surface area contributed by atoms with Crippen molar-refractivity contribution in [3.8, 4) is 0 Å². The molecule has 0 aromatic heterocycles. The molecular weight excluding hydrogens is 208 g/mol. The molecule has 0 aliphatic heterocycles. The van der Waals surface area contributed by atoms with Crippen LogP contribution in [0.2, 0.25) is 0 Å². The molecule has 1 atom stereocenters. The molecule has 7 nitrogen and oxygen atoms in total. The second-order valence-corrected chi connectivity index (χ2v) is 3.13. The summed E-state index contributed by atoms with van der Waals surface area (Å²) >= 11 is 0. The van der Waals surface area contributed by atoms with Crippen LogP contribution in [-0.4, -0.2) is 53.9 Å². The van der Waals surface area contributed by atoms with E-state index in [1.807, 2.05) is 0 Å². The Labute approximate surface area is 86.2 Å². The Bertz CT molecular complexity index is 227. The molecule has 0 bridgehead atoms. The highest BCUT2D eigenvalue weighted by atomic mass is 16.7. The molecule has 88 valence electrons. The lowest BCUT2D eigenvalue weighted by Gasteiger charge is -2.20. The predicted molar refractivity (Wildman–Crippen MR) is 47.2 cm³/mol. The Morgan fingerprint density at radius 3 is 2.27 bits per heavy atom. The van der Waals surface area contributed by atoms with Gasteiger partial charge in [-0.15, -0.1) is 0 Å². The molecule has 0 aromatic rings. The van der Waals surface area contributed by atoms with Gasteiger partial charge in [-0.3, -0.25) is 4.79 Å². The fourth-order valence-electron chi connectivity index (χ4n) is 0.564. The summed E-state index contributed by atoms with van der Waals surface area (Å²) in [4.78, 5) is 21.4. The molecule has 0 spiro atoms. The largest absolute Gasteiger partial charge is 0.508 e. The van der Waals surface area contributed by atoms with Crippen molar-refractivity contribution in [3.63, 3.8) is 0 Å². The number of carbonyl (C=O) groups excluding carboxylic acids is 1. The van der Waals surface area contributed by atoms with Gasteiger partial charge in [0.15, 0.2) is 0 Å². The van der Waals surface area contributed by atoms with E-state index in [1.54, 1.807) is 0 Å². The average molecular weight is 222 g/mol. The highest BCUT2D eigenvalue weighted by Gasteiger charge is 2.34. The average Bonchev–Trinajstić information content (AvgIpc) is 2.22. The molecule has 0 aromatic carbocycles. The Morgan fingerprint density at radius 1 is 1.27 bits per heavy atom. The number of carboxylic acids is 1. The van der Waals surface area contributed by atoms with Gasteiger partial charge < -0.3 is 24.8 Å². The summed E-state index contributed by atoms with van der Waals surface area (Å²) in [7, 11) is 0. The highest BCUT2D eigenvalue weighted by Crippen LogP contribution is 2.16. The number of carbonyl (C=O) groups is 2. The minimum Gasteiger partial charge on any atom is -0.481 e. The number of aliphatic hydroxyl groups excluding tert-OH is 2. The van der Waals surface area contributed by atoms with E-state index in [-0.39, 0.29) is 13.2 Å². The second-order valence-electron chi connectivity index (χ2n) is 3.13. The minimum absolute atomic E-state index is 0.220. The third-order valence-corrected chi connectivity index (χ3v) is 1.69. The van der Waals surface area contributed by atoms with Gasteiger partial charge in [0.25, 0.3) is 0 Å². The Kier molecular flexibility index (Phi) is 5.65. The van der Waals surface area contributed by atoms with Gasteiger partial charge >= 0.3 is 12.1 Å². The first kappa shape index (κ1) is 13.7.